The molecule has 1 aromatic carbocycles. The van der Waals surface area contributed by atoms with Gasteiger partial charge in [-0.3, -0.25) is 0 Å². The van der Waals surface area contributed by atoms with Crippen LogP contribution in [0.25, 0.3) is 0 Å². The van der Waals surface area contributed by atoms with Gasteiger partial charge >= 0.3 is 0 Å². The molecule has 1 aromatic rings. The maximum absolute atomic E-state index is 5.98. The summed E-state index contributed by atoms with van der Waals surface area (Å²) in [5.41, 5.74) is 0.738. The van der Waals surface area contributed by atoms with Gasteiger partial charge in [-0.2, -0.15) is 0 Å². The van der Waals surface area contributed by atoms with Crippen molar-refractivity contribution >= 4 is 56.4 Å². The SMILES string of the molecule is C=C(Cl)CNc1ccc(Br)c(Cl)c1Cl. The van der Waals surface area contributed by atoms with E-state index in [1.807, 2.05) is 12.1 Å². The highest BCUT2D eigenvalue weighted by atomic mass is 79.9. The van der Waals surface area contributed by atoms with E-state index in [9.17, 15) is 0 Å². The largest absolute Gasteiger partial charge is 0.379 e. The van der Waals surface area contributed by atoms with Crippen molar-refractivity contribution in [1.82, 2.24) is 0 Å². The van der Waals surface area contributed by atoms with Gasteiger partial charge < -0.3 is 5.32 Å². The molecule has 0 unspecified atom stereocenters. The summed E-state index contributed by atoms with van der Waals surface area (Å²) in [6, 6.07) is 3.63. The predicted octanol–water partition coefficient (Wildman–Crippen LogP) is 4.92. The molecule has 0 spiro atoms. The number of hydrogen-bond donors (Lipinski definition) is 1. The van der Waals surface area contributed by atoms with Crippen LogP contribution in [0.15, 0.2) is 28.2 Å². The summed E-state index contributed by atoms with van der Waals surface area (Å²) in [4.78, 5) is 0. The lowest BCUT2D eigenvalue weighted by Gasteiger charge is -2.09. The molecule has 0 aliphatic carbocycles. The van der Waals surface area contributed by atoms with Crippen molar-refractivity contribution in [2.75, 3.05) is 11.9 Å². The van der Waals surface area contributed by atoms with Crippen molar-refractivity contribution in [3.8, 4) is 0 Å². The molecule has 0 saturated heterocycles. The molecule has 1 nitrogen and oxygen atoms in total. The lowest BCUT2D eigenvalue weighted by Crippen LogP contribution is -2.01. The fourth-order valence-corrected chi connectivity index (χ4v) is 1.76. The zero-order valence-electron chi connectivity index (χ0n) is 7.08. The van der Waals surface area contributed by atoms with E-state index >= 15 is 0 Å². The average Bonchev–Trinajstić information content (AvgIpc) is 2.13. The minimum absolute atomic E-state index is 0.458. The van der Waals surface area contributed by atoms with Gasteiger partial charge in [-0.25, -0.2) is 0 Å². The molecular weight excluding hydrogens is 308 g/mol. The third-order valence-corrected chi connectivity index (χ3v) is 3.41. The molecule has 76 valence electrons. The van der Waals surface area contributed by atoms with Crippen LogP contribution in [-0.2, 0) is 0 Å². The molecule has 0 bridgehead atoms. The van der Waals surface area contributed by atoms with Crippen molar-refractivity contribution in [3.63, 3.8) is 0 Å². The highest BCUT2D eigenvalue weighted by molar-refractivity contribution is 9.10. The highest BCUT2D eigenvalue weighted by Crippen LogP contribution is 2.35. The lowest BCUT2D eigenvalue weighted by atomic mass is 10.3. The van der Waals surface area contributed by atoms with Gasteiger partial charge in [-0.1, -0.05) is 41.4 Å². The van der Waals surface area contributed by atoms with Gasteiger partial charge in [0.2, 0.25) is 0 Å². The minimum atomic E-state index is 0.458. The van der Waals surface area contributed by atoms with Crippen LogP contribution in [0.4, 0.5) is 5.69 Å². The Morgan fingerprint density at radius 1 is 1.36 bits per heavy atom. The van der Waals surface area contributed by atoms with Crippen LogP contribution in [0.5, 0.6) is 0 Å². The summed E-state index contributed by atoms with van der Waals surface area (Å²) in [6.07, 6.45) is 0. The van der Waals surface area contributed by atoms with E-state index in [2.05, 4.69) is 27.8 Å². The maximum Gasteiger partial charge on any atom is 0.0835 e. The van der Waals surface area contributed by atoms with Crippen LogP contribution in [0.1, 0.15) is 0 Å². The molecule has 0 aliphatic rings. The molecule has 0 fully saturated rings. The Hall–Kier alpha value is 0.110. The van der Waals surface area contributed by atoms with E-state index in [0.29, 0.717) is 21.6 Å². The normalized spacial score (nSPS) is 10.0. The Morgan fingerprint density at radius 2 is 2.00 bits per heavy atom. The van der Waals surface area contributed by atoms with Crippen LogP contribution in [0.2, 0.25) is 10.0 Å². The molecule has 0 radical (unpaired) electrons. The summed E-state index contributed by atoms with van der Waals surface area (Å²) >= 11 is 20.8. The number of halogens is 4. The third-order valence-electron chi connectivity index (χ3n) is 1.51. The van der Waals surface area contributed by atoms with Crippen molar-refractivity contribution < 1.29 is 0 Å². The molecule has 0 saturated carbocycles. The molecular formula is C9H7BrCl3N. The zero-order chi connectivity index (χ0) is 10.7. The van der Waals surface area contributed by atoms with E-state index in [4.69, 9.17) is 34.8 Å². The van der Waals surface area contributed by atoms with Gasteiger partial charge in [-0.15, -0.1) is 0 Å². The molecule has 0 aromatic heterocycles. The van der Waals surface area contributed by atoms with Gasteiger partial charge in [-0.05, 0) is 28.1 Å². The topological polar surface area (TPSA) is 12.0 Å². The first kappa shape index (κ1) is 12.2. The van der Waals surface area contributed by atoms with Crippen LogP contribution in [0.3, 0.4) is 0 Å². The Labute approximate surface area is 106 Å². The van der Waals surface area contributed by atoms with Crippen LogP contribution in [-0.4, -0.2) is 6.54 Å². The molecule has 0 aliphatic heterocycles. The molecule has 1 rings (SSSR count). The maximum atomic E-state index is 5.98. The van der Waals surface area contributed by atoms with Crippen molar-refractivity contribution in [2.45, 2.75) is 0 Å². The zero-order valence-corrected chi connectivity index (χ0v) is 10.9. The first-order valence-electron chi connectivity index (χ1n) is 3.73. The van der Waals surface area contributed by atoms with Crippen molar-refractivity contribution in [1.29, 1.82) is 0 Å². The van der Waals surface area contributed by atoms with E-state index < -0.39 is 0 Å². The summed E-state index contributed by atoms with van der Waals surface area (Å²) in [5.74, 6) is 0. The van der Waals surface area contributed by atoms with Gasteiger partial charge in [0.1, 0.15) is 0 Å². The smallest absolute Gasteiger partial charge is 0.0835 e. The Morgan fingerprint density at radius 3 is 2.57 bits per heavy atom. The molecule has 0 amide bonds. The summed E-state index contributed by atoms with van der Waals surface area (Å²) < 4.78 is 0.763. The third kappa shape index (κ3) is 3.06. The molecule has 5 heteroatoms. The van der Waals surface area contributed by atoms with Crippen LogP contribution < -0.4 is 5.32 Å². The molecule has 0 atom stereocenters. The first-order valence-corrected chi connectivity index (χ1v) is 5.65. The number of anilines is 1. The minimum Gasteiger partial charge on any atom is -0.379 e. The van der Waals surface area contributed by atoms with Crippen molar-refractivity contribution in [3.05, 3.63) is 38.3 Å². The molecule has 14 heavy (non-hydrogen) atoms. The first-order chi connectivity index (χ1) is 6.52. The second-order valence-electron chi connectivity index (χ2n) is 2.59. The van der Waals surface area contributed by atoms with Crippen molar-refractivity contribution in [2.24, 2.45) is 0 Å². The Balaban J connectivity index is 2.88. The molecule has 1 N–H and O–H groups in total. The lowest BCUT2D eigenvalue weighted by molar-refractivity contribution is 1.31. The van der Waals surface area contributed by atoms with Crippen LogP contribution >= 0.6 is 50.7 Å². The standard InChI is InChI=1S/C9H7BrCl3N/c1-5(11)4-14-7-3-2-6(10)8(12)9(7)13/h2-3,14H,1,4H2. The fraction of sp³-hybridized carbons (Fsp3) is 0.111. The summed E-state index contributed by atoms with van der Waals surface area (Å²) in [7, 11) is 0. The average molecular weight is 315 g/mol. The Bertz CT molecular complexity index is 365. The fourth-order valence-electron chi connectivity index (χ4n) is 0.854. The van der Waals surface area contributed by atoms with E-state index in [0.717, 1.165) is 10.2 Å². The van der Waals surface area contributed by atoms with Gasteiger partial charge in [0.15, 0.2) is 0 Å². The predicted molar refractivity (Wildman–Crippen MR) is 67.6 cm³/mol. The molecule has 0 heterocycles. The van der Waals surface area contributed by atoms with Gasteiger partial charge in [0, 0.05) is 9.51 Å². The second kappa shape index (κ2) is 5.26. The van der Waals surface area contributed by atoms with Gasteiger partial charge in [0.05, 0.1) is 22.3 Å². The number of rotatable bonds is 3. The Kier molecular flexibility index (Phi) is 4.58. The number of nitrogens with one attached hydrogen (secondary N) is 1. The van der Waals surface area contributed by atoms with E-state index in [-0.39, 0.29) is 0 Å². The number of benzene rings is 1. The number of hydrogen-bond acceptors (Lipinski definition) is 1. The van der Waals surface area contributed by atoms with E-state index in [1.54, 1.807) is 0 Å². The second-order valence-corrected chi connectivity index (χ2v) is 4.74. The quantitative estimate of drug-likeness (QED) is 0.781. The highest BCUT2D eigenvalue weighted by Gasteiger charge is 2.07. The monoisotopic (exact) mass is 313 g/mol. The van der Waals surface area contributed by atoms with Gasteiger partial charge in [0.25, 0.3) is 0 Å². The van der Waals surface area contributed by atoms with E-state index in [1.165, 1.54) is 0 Å². The summed E-state index contributed by atoms with van der Waals surface area (Å²) in [5, 5.41) is 4.48. The van der Waals surface area contributed by atoms with Crippen LogP contribution in [0, 0.1) is 0 Å². The summed E-state index contributed by atoms with van der Waals surface area (Å²) in [6.45, 7) is 4.02.